The van der Waals surface area contributed by atoms with Gasteiger partial charge in [0.15, 0.2) is 5.96 Å². The average molecular weight is 245 g/mol. The van der Waals surface area contributed by atoms with Crippen molar-refractivity contribution in [3.8, 4) is 0 Å². The van der Waals surface area contributed by atoms with Crippen LogP contribution in [0.25, 0.3) is 0 Å². The largest absolute Gasteiger partial charge is 0.370 e. The first-order valence-electron chi connectivity index (χ1n) is 6.37. The van der Waals surface area contributed by atoms with Crippen molar-refractivity contribution in [3.05, 3.63) is 35.9 Å². The van der Waals surface area contributed by atoms with Crippen LogP contribution in [-0.4, -0.2) is 11.9 Å². The lowest BCUT2D eigenvalue weighted by Crippen LogP contribution is -2.29. The fourth-order valence-electron chi connectivity index (χ4n) is 2.74. The fraction of sp³-hybridized carbons (Fsp3) is 0.429. The molecular formula is C14H19N3O. The summed E-state index contributed by atoms with van der Waals surface area (Å²) in [6, 6.07) is 10.1. The van der Waals surface area contributed by atoms with Gasteiger partial charge in [-0.25, -0.2) is 0 Å². The number of benzene rings is 1. The molecule has 0 aromatic heterocycles. The molecule has 0 aliphatic heterocycles. The Morgan fingerprint density at radius 3 is 2.44 bits per heavy atom. The maximum atomic E-state index is 12.0. The third-order valence-electron chi connectivity index (χ3n) is 3.55. The highest BCUT2D eigenvalue weighted by Crippen LogP contribution is 2.38. The van der Waals surface area contributed by atoms with E-state index >= 15 is 0 Å². The Morgan fingerprint density at radius 2 is 1.78 bits per heavy atom. The fourth-order valence-corrected chi connectivity index (χ4v) is 2.74. The second kappa shape index (κ2) is 5.67. The number of nitrogens with zero attached hydrogens (tertiary/aromatic N) is 1. The Labute approximate surface area is 107 Å². The van der Waals surface area contributed by atoms with E-state index in [9.17, 15) is 4.79 Å². The molecule has 4 heteroatoms. The Balaban J connectivity index is 2.21. The average Bonchev–Trinajstić information content (AvgIpc) is 2.39. The van der Waals surface area contributed by atoms with Crippen molar-refractivity contribution >= 4 is 11.9 Å². The molecule has 0 radical (unpaired) electrons. The SMILES string of the molecule is NC(N)=NC(=O)[C@@H]1CCCC[C@H]1c1ccccc1. The van der Waals surface area contributed by atoms with Gasteiger partial charge >= 0.3 is 0 Å². The summed E-state index contributed by atoms with van der Waals surface area (Å²) < 4.78 is 0. The molecule has 1 aromatic carbocycles. The highest BCUT2D eigenvalue weighted by Gasteiger charge is 2.31. The van der Waals surface area contributed by atoms with E-state index < -0.39 is 0 Å². The van der Waals surface area contributed by atoms with Gasteiger partial charge in [-0.2, -0.15) is 4.99 Å². The lowest BCUT2D eigenvalue weighted by atomic mass is 9.75. The van der Waals surface area contributed by atoms with Crippen LogP contribution >= 0.6 is 0 Å². The molecule has 1 fully saturated rings. The Morgan fingerprint density at radius 1 is 1.11 bits per heavy atom. The lowest BCUT2D eigenvalue weighted by Gasteiger charge is -2.29. The number of carbonyl (C=O) groups excluding carboxylic acids is 1. The van der Waals surface area contributed by atoms with Crippen LogP contribution in [0, 0.1) is 5.92 Å². The summed E-state index contributed by atoms with van der Waals surface area (Å²) in [5.41, 5.74) is 11.8. The third kappa shape index (κ3) is 2.88. The molecule has 0 heterocycles. The lowest BCUT2D eigenvalue weighted by molar-refractivity contribution is -0.123. The topological polar surface area (TPSA) is 81.5 Å². The van der Waals surface area contributed by atoms with Gasteiger partial charge in [-0.05, 0) is 24.3 Å². The van der Waals surface area contributed by atoms with E-state index in [0.29, 0.717) is 0 Å². The molecule has 4 N–H and O–H groups in total. The summed E-state index contributed by atoms with van der Waals surface area (Å²) in [7, 11) is 0. The van der Waals surface area contributed by atoms with Crippen LogP contribution in [0.2, 0.25) is 0 Å². The predicted octanol–water partition coefficient (Wildman–Crippen LogP) is 1.76. The summed E-state index contributed by atoms with van der Waals surface area (Å²) in [6.45, 7) is 0. The molecule has 2 rings (SSSR count). The first-order valence-corrected chi connectivity index (χ1v) is 6.37. The van der Waals surface area contributed by atoms with Crippen molar-refractivity contribution in [2.45, 2.75) is 31.6 Å². The quantitative estimate of drug-likeness (QED) is 0.615. The number of nitrogens with two attached hydrogens (primary N) is 2. The Hall–Kier alpha value is -1.84. The molecule has 0 bridgehead atoms. The Bertz CT molecular complexity index is 438. The van der Waals surface area contributed by atoms with E-state index in [0.717, 1.165) is 25.7 Å². The minimum absolute atomic E-state index is 0.0803. The second-order valence-corrected chi connectivity index (χ2v) is 4.78. The van der Waals surface area contributed by atoms with E-state index in [2.05, 4.69) is 17.1 Å². The van der Waals surface area contributed by atoms with E-state index in [-0.39, 0.29) is 23.7 Å². The molecule has 96 valence electrons. The standard InChI is InChI=1S/C14H19N3O/c15-14(16)17-13(18)12-9-5-4-8-11(12)10-6-2-1-3-7-10/h1-3,6-7,11-12H,4-5,8-9H2,(H4,15,16,17,18)/t11-,12+/m0/s1. The van der Waals surface area contributed by atoms with Crippen LogP contribution in [0.1, 0.15) is 37.2 Å². The predicted molar refractivity (Wildman–Crippen MR) is 72.0 cm³/mol. The zero-order valence-electron chi connectivity index (χ0n) is 10.4. The summed E-state index contributed by atoms with van der Waals surface area (Å²) in [6.07, 6.45) is 4.13. The van der Waals surface area contributed by atoms with Gasteiger partial charge in [-0.3, -0.25) is 4.79 Å². The minimum Gasteiger partial charge on any atom is -0.370 e. The van der Waals surface area contributed by atoms with Crippen LogP contribution in [0.3, 0.4) is 0 Å². The van der Waals surface area contributed by atoms with Gasteiger partial charge in [0.25, 0.3) is 5.91 Å². The number of carbonyl (C=O) groups is 1. The van der Waals surface area contributed by atoms with Crippen molar-refractivity contribution < 1.29 is 4.79 Å². The molecule has 0 saturated heterocycles. The molecule has 0 unspecified atom stereocenters. The van der Waals surface area contributed by atoms with Crippen LogP contribution in [0.4, 0.5) is 0 Å². The van der Waals surface area contributed by atoms with Gasteiger partial charge in [0.05, 0.1) is 0 Å². The van der Waals surface area contributed by atoms with Crippen molar-refractivity contribution in [3.63, 3.8) is 0 Å². The zero-order valence-corrected chi connectivity index (χ0v) is 10.4. The van der Waals surface area contributed by atoms with E-state index in [4.69, 9.17) is 11.5 Å². The van der Waals surface area contributed by atoms with Gasteiger partial charge in [0.2, 0.25) is 0 Å². The van der Waals surface area contributed by atoms with E-state index in [1.54, 1.807) is 0 Å². The molecule has 4 nitrogen and oxygen atoms in total. The number of rotatable bonds is 2. The minimum atomic E-state index is -0.177. The van der Waals surface area contributed by atoms with Crippen molar-refractivity contribution in [2.24, 2.45) is 22.4 Å². The Kier molecular flexibility index (Phi) is 3.97. The highest BCUT2D eigenvalue weighted by molar-refractivity contribution is 5.93. The smallest absolute Gasteiger partial charge is 0.252 e. The van der Waals surface area contributed by atoms with Gasteiger partial charge in [0.1, 0.15) is 0 Å². The number of amides is 1. The van der Waals surface area contributed by atoms with Gasteiger partial charge in [-0.15, -0.1) is 0 Å². The van der Waals surface area contributed by atoms with Gasteiger partial charge in [-0.1, -0.05) is 43.2 Å². The van der Waals surface area contributed by atoms with Crippen LogP contribution in [-0.2, 0) is 4.79 Å². The molecule has 1 aliphatic rings. The van der Waals surface area contributed by atoms with E-state index in [1.807, 2.05) is 18.2 Å². The first kappa shape index (κ1) is 12.6. The summed E-state index contributed by atoms with van der Waals surface area (Å²) in [5, 5.41) is 0. The molecule has 1 saturated carbocycles. The summed E-state index contributed by atoms with van der Waals surface area (Å²) in [4.78, 5) is 15.8. The molecule has 18 heavy (non-hydrogen) atoms. The van der Waals surface area contributed by atoms with Gasteiger partial charge in [0, 0.05) is 5.92 Å². The molecular weight excluding hydrogens is 226 g/mol. The number of hydrogen-bond acceptors (Lipinski definition) is 1. The number of aliphatic imine (C=N–C) groups is 1. The van der Waals surface area contributed by atoms with Crippen LogP contribution in [0.5, 0.6) is 0 Å². The first-order chi connectivity index (χ1) is 8.68. The zero-order chi connectivity index (χ0) is 13.0. The highest BCUT2D eigenvalue weighted by atomic mass is 16.1. The summed E-state index contributed by atoms with van der Waals surface area (Å²) in [5.74, 6) is -0.153. The van der Waals surface area contributed by atoms with Crippen molar-refractivity contribution in [1.82, 2.24) is 0 Å². The van der Waals surface area contributed by atoms with Crippen LogP contribution in [0.15, 0.2) is 35.3 Å². The summed E-state index contributed by atoms with van der Waals surface area (Å²) >= 11 is 0. The number of hydrogen-bond donors (Lipinski definition) is 2. The second-order valence-electron chi connectivity index (χ2n) is 4.78. The van der Waals surface area contributed by atoms with E-state index in [1.165, 1.54) is 5.56 Å². The molecule has 0 spiro atoms. The maximum absolute atomic E-state index is 12.0. The monoisotopic (exact) mass is 245 g/mol. The van der Waals surface area contributed by atoms with Crippen molar-refractivity contribution in [1.29, 1.82) is 0 Å². The molecule has 2 atom stereocenters. The number of guanidine groups is 1. The molecule has 1 aromatic rings. The van der Waals surface area contributed by atoms with Gasteiger partial charge < -0.3 is 11.5 Å². The normalized spacial score (nSPS) is 23.3. The molecule has 1 aliphatic carbocycles. The maximum Gasteiger partial charge on any atom is 0.252 e. The third-order valence-corrected chi connectivity index (χ3v) is 3.55. The molecule has 1 amide bonds. The van der Waals surface area contributed by atoms with Crippen molar-refractivity contribution in [2.75, 3.05) is 0 Å². The van der Waals surface area contributed by atoms with Crippen LogP contribution < -0.4 is 11.5 Å².